The van der Waals surface area contributed by atoms with Crippen LogP contribution in [0.4, 0.5) is 18.9 Å². The Hall–Kier alpha value is -0.910. The number of alkyl halides is 3. The van der Waals surface area contributed by atoms with Crippen molar-refractivity contribution in [3.8, 4) is 0 Å². The van der Waals surface area contributed by atoms with Gasteiger partial charge in [0.2, 0.25) is 0 Å². The summed E-state index contributed by atoms with van der Waals surface area (Å²) in [6, 6.07) is 6.03. The van der Waals surface area contributed by atoms with Crippen LogP contribution in [-0.4, -0.2) is 32.9 Å². The van der Waals surface area contributed by atoms with Gasteiger partial charge in [-0.1, -0.05) is 25.1 Å². The second-order valence-corrected chi connectivity index (χ2v) is 12.7. The molecule has 1 aromatic carbocycles. The fourth-order valence-electron chi connectivity index (χ4n) is 3.24. The third kappa shape index (κ3) is 4.35. The van der Waals surface area contributed by atoms with Gasteiger partial charge < -0.3 is 9.05 Å². The van der Waals surface area contributed by atoms with Crippen molar-refractivity contribution >= 4 is 46.8 Å². The number of benzene rings is 1. The van der Waals surface area contributed by atoms with E-state index in [-0.39, 0.29) is 29.9 Å². The van der Waals surface area contributed by atoms with Crippen molar-refractivity contribution in [3.63, 3.8) is 0 Å². The molecule has 0 aromatic heterocycles. The van der Waals surface area contributed by atoms with Crippen LogP contribution in [0.2, 0.25) is 0 Å². The first-order chi connectivity index (χ1) is 14.5. The van der Waals surface area contributed by atoms with Gasteiger partial charge in [0, 0.05) is 0 Å². The molecule has 13 heteroatoms. The van der Waals surface area contributed by atoms with E-state index in [1.54, 1.807) is 26.0 Å². The number of fused-ring (bicyclic) bond motifs is 3. The van der Waals surface area contributed by atoms with E-state index in [1.807, 2.05) is 6.92 Å². The highest BCUT2D eigenvalue weighted by Gasteiger charge is 2.56. The number of rotatable bonds is 8. The lowest BCUT2D eigenvalue weighted by Gasteiger charge is -2.29. The third-order valence-corrected chi connectivity index (χ3v) is 10.9. The molecule has 0 saturated carbocycles. The van der Waals surface area contributed by atoms with Crippen LogP contribution in [0, 0.1) is 0 Å². The van der Waals surface area contributed by atoms with E-state index in [4.69, 9.17) is 9.05 Å². The first kappa shape index (κ1) is 24.7. The maximum atomic E-state index is 13.5. The summed E-state index contributed by atoms with van der Waals surface area (Å²) < 4.78 is 90.7. The van der Waals surface area contributed by atoms with Gasteiger partial charge in [0.1, 0.15) is 0 Å². The van der Waals surface area contributed by atoms with Gasteiger partial charge in [-0.3, -0.25) is 4.57 Å². The lowest BCUT2D eigenvalue weighted by Crippen LogP contribution is -2.39. The first-order valence-electron chi connectivity index (χ1n) is 9.37. The van der Waals surface area contributed by atoms with Crippen molar-refractivity contribution in [3.05, 3.63) is 51.2 Å². The van der Waals surface area contributed by atoms with Crippen LogP contribution in [-0.2, 0) is 23.6 Å². The number of halogens is 3. The monoisotopic (exact) mass is 515 g/mol. The molecule has 172 valence electrons. The summed E-state index contributed by atoms with van der Waals surface area (Å²) in [7, 11) is -9.62. The van der Waals surface area contributed by atoms with Gasteiger partial charge in [-0.2, -0.15) is 21.6 Å². The second-order valence-electron chi connectivity index (χ2n) is 6.28. The Labute approximate surface area is 187 Å². The van der Waals surface area contributed by atoms with Crippen LogP contribution >= 0.6 is 31.1 Å². The number of allylic oxidation sites excluding steroid dienone is 2. The molecule has 31 heavy (non-hydrogen) atoms. The van der Waals surface area contributed by atoms with Crippen LogP contribution in [0.25, 0.3) is 0 Å². The molecule has 0 fully saturated rings. The smallest absolute Gasteiger partial charge is 0.305 e. The molecule has 2 aliphatic heterocycles. The number of para-hydroxylation sites is 1. The van der Waals surface area contributed by atoms with Gasteiger partial charge in [-0.05, 0) is 37.3 Å². The van der Waals surface area contributed by atoms with E-state index in [2.05, 4.69) is 0 Å². The number of anilines is 1. The van der Waals surface area contributed by atoms with Crippen LogP contribution in [0.15, 0.2) is 45.6 Å². The van der Waals surface area contributed by atoms with Crippen molar-refractivity contribution in [2.24, 2.45) is 0 Å². The van der Waals surface area contributed by atoms with Gasteiger partial charge in [0.05, 0.1) is 39.4 Å². The topological polar surface area (TPSA) is 72.9 Å². The highest BCUT2D eigenvalue weighted by Crippen LogP contribution is 2.67. The Kier molecular flexibility index (Phi) is 7.30. The summed E-state index contributed by atoms with van der Waals surface area (Å²) >= 11 is 2.51. The van der Waals surface area contributed by atoms with Crippen molar-refractivity contribution in [1.82, 2.24) is 0 Å². The molecule has 0 amide bonds. The zero-order chi connectivity index (χ0) is 23.0. The first-order valence-corrected chi connectivity index (χ1v) is 14.2. The lowest BCUT2D eigenvalue weighted by atomic mass is 10.1. The molecule has 0 aliphatic carbocycles. The maximum absolute atomic E-state index is 13.5. The molecule has 2 heterocycles. The van der Waals surface area contributed by atoms with E-state index in [0.29, 0.717) is 19.9 Å². The molecular weight excluding hydrogens is 494 g/mol. The van der Waals surface area contributed by atoms with Crippen LogP contribution in [0.3, 0.4) is 0 Å². The molecule has 6 nitrogen and oxygen atoms in total. The van der Waals surface area contributed by atoms with Crippen molar-refractivity contribution < 1.29 is 35.2 Å². The predicted molar refractivity (Wildman–Crippen MR) is 118 cm³/mol. The second kappa shape index (κ2) is 9.15. The molecule has 0 radical (unpaired) electrons. The van der Waals surface area contributed by atoms with Gasteiger partial charge in [0.15, 0.2) is 0 Å². The van der Waals surface area contributed by atoms with E-state index >= 15 is 0 Å². The minimum Gasteiger partial charge on any atom is -0.305 e. The van der Waals surface area contributed by atoms with E-state index in [0.717, 1.165) is 11.8 Å². The fourth-order valence-corrected chi connectivity index (χ4v) is 9.34. The Morgan fingerprint density at radius 2 is 1.77 bits per heavy atom. The molecule has 0 bridgehead atoms. The Morgan fingerprint density at radius 3 is 2.32 bits per heavy atom. The Balaban J connectivity index is 2.27. The van der Waals surface area contributed by atoms with E-state index in [1.165, 1.54) is 30.0 Å². The quantitative estimate of drug-likeness (QED) is 0.381. The largest absolute Gasteiger partial charge is 0.517 e. The highest BCUT2D eigenvalue weighted by atomic mass is 32.2. The Morgan fingerprint density at radius 1 is 1.16 bits per heavy atom. The number of hydrogen-bond acceptors (Lipinski definition) is 7. The van der Waals surface area contributed by atoms with Crippen LogP contribution in [0.5, 0.6) is 0 Å². The summed E-state index contributed by atoms with van der Waals surface area (Å²) in [6.45, 7) is 5.22. The predicted octanol–water partition coefficient (Wildman–Crippen LogP) is 6.22. The summed E-state index contributed by atoms with van der Waals surface area (Å²) in [6.07, 6.45) is 1.23. The molecular formula is C18H21F3NO5PS3. The summed E-state index contributed by atoms with van der Waals surface area (Å²) in [5.74, 6) is 0.603. The van der Waals surface area contributed by atoms with Crippen LogP contribution < -0.4 is 4.31 Å². The molecule has 2 aliphatic rings. The standard InChI is InChI=1S/C18H21F3NO5PS3/c1-4-26-28(23,27-5-2)15-11-14-16(30-17(15)29-6-3)12-9-7-8-10-13(12)22(14)31(24,25)18(19,20)21/h7-11,16H,4-6H2,1-3H3. The summed E-state index contributed by atoms with van der Waals surface area (Å²) in [5, 5.41) is -0.627. The van der Waals surface area contributed by atoms with Crippen molar-refractivity contribution in [2.75, 3.05) is 23.3 Å². The third-order valence-electron chi connectivity index (χ3n) is 4.36. The number of hydrogen-bond donors (Lipinski definition) is 0. The van der Waals surface area contributed by atoms with Gasteiger partial charge >= 0.3 is 23.1 Å². The van der Waals surface area contributed by atoms with E-state index in [9.17, 15) is 26.2 Å². The number of thioether (sulfide) groups is 2. The van der Waals surface area contributed by atoms with Gasteiger partial charge in [0.25, 0.3) is 0 Å². The SMILES string of the molecule is CCOP(=O)(OCC)C1=C(SCC)SC2C(=C1)N(S(=O)(=O)C(F)(F)F)c1ccccc12. The lowest BCUT2D eigenvalue weighted by molar-refractivity contribution is -0.0436. The number of nitrogens with zero attached hydrogens (tertiary/aromatic N) is 1. The zero-order valence-electron chi connectivity index (χ0n) is 16.9. The summed E-state index contributed by atoms with van der Waals surface area (Å²) in [4.78, 5) is 0. The molecule has 1 atom stereocenters. The zero-order valence-corrected chi connectivity index (χ0v) is 20.2. The molecule has 3 rings (SSSR count). The van der Waals surface area contributed by atoms with Gasteiger partial charge in [-0.25, -0.2) is 4.31 Å². The fraction of sp³-hybridized carbons (Fsp3) is 0.444. The molecule has 0 saturated heterocycles. The maximum Gasteiger partial charge on any atom is 0.517 e. The Bertz CT molecular complexity index is 1060. The van der Waals surface area contributed by atoms with Crippen LogP contribution in [0.1, 0.15) is 31.6 Å². The average molecular weight is 516 g/mol. The minimum atomic E-state index is -5.73. The molecule has 1 aromatic rings. The van der Waals surface area contributed by atoms with Crippen molar-refractivity contribution in [2.45, 2.75) is 31.5 Å². The van der Waals surface area contributed by atoms with E-state index < -0.39 is 28.4 Å². The number of sulfonamides is 1. The van der Waals surface area contributed by atoms with Gasteiger partial charge in [-0.15, -0.1) is 23.5 Å². The molecule has 1 unspecified atom stereocenters. The minimum absolute atomic E-state index is 0.0485. The molecule has 0 N–H and O–H groups in total. The van der Waals surface area contributed by atoms with Crippen molar-refractivity contribution in [1.29, 1.82) is 0 Å². The average Bonchev–Trinajstić information content (AvgIpc) is 3.01. The highest BCUT2D eigenvalue weighted by molar-refractivity contribution is 8.22. The normalized spacial score (nSPS) is 19.4. The molecule has 0 spiro atoms. The summed E-state index contributed by atoms with van der Waals surface area (Å²) in [5.41, 5.74) is -5.29.